The molecule has 0 amide bonds. The number of carbonyl (C=O) groups excluding carboxylic acids is 1. The molecule has 1 atom stereocenters. The molecule has 4 nitrogen and oxygen atoms in total. The van der Waals surface area contributed by atoms with Crippen LogP contribution in [-0.4, -0.2) is 5.78 Å². The van der Waals surface area contributed by atoms with E-state index in [1.54, 1.807) is 18.2 Å². The largest absolute Gasteiger partial charge is 0.484 e. The maximum atomic E-state index is 12.9. The van der Waals surface area contributed by atoms with Gasteiger partial charge >= 0.3 is 5.63 Å². The second-order valence-electron chi connectivity index (χ2n) is 6.50. The zero-order valence-electron chi connectivity index (χ0n) is 14.5. The maximum absolute atomic E-state index is 12.9. The summed E-state index contributed by atoms with van der Waals surface area (Å²) in [6, 6.07) is 10.5. The predicted molar refractivity (Wildman–Crippen MR) is 100 cm³/mol. The van der Waals surface area contributed by atoms with Crippen molar-refractivity contribution in [1.82, 2.24) is 0 Å². The number of hydrogen-bond donors (Lipinski definition) is 0. The summed E-state index contributed by atoms with van der Waals surface area (Å²) in [5.74, 6) is 0.538. The number of hydrogen-bond acceptors (Lipinski definition) is 4. The van der Waals surface area contributed by atoms with Gasteiger partial charge in [0.15, 0.2) is 5.78 Å². The maximum Gasteiger partial charge on any atom is 0.336 e. The third-order valence-corrected chi connectivity index (χ3v) is 5.05. The van der Waals surface area contributed by atoms with Crippen LogP contribution in [0, 0.1) is 6.92 Å². The molecule has 26 heavy (non-hydrogen) atoms. The summed E-state index contributed by atoms with van der Waals surface area (Å²) in [6.45, 7) is 3.79. The summed E-state index contributed by atoms with van der Waals surface area (Å²) in [5.41, 5.74) is 3.09. The van der Waals surface area contributed by atoms with Crippen molar-refractivity contribution >= 4 is 28.4 Å². The first-order chi connectivity index (χ1) is 12.5. The van der Waals surface area contributed by atoms with E-state index in [0.29, 0.717) is 33.7 Å². The number of rotatable bonds is 2. The Labute approximate surface area is 155 Å². The van der Waals surface area contributed by atoms with Gasteiger partial charge in [-0.1, -0.05) is 30.7 Å². The molecule has 0 radical (unpaired) electrons. The molecule has 1 aromatic heterocycles. The fourth-order valence-electron chi connectivity index (χ4n) is 3.55. The Morgan fingerprint density at radius 2 is 1.88 bits per heavy atom. The van der Waals surface area contributed by atoms with Gasteiger partial charge in [0.25, 0.3) is 0 Å². The number of halogens is 1. The van der Waals surface area contributed by atoms with Crippen LogP contribution in [0.2, 0.25) is 5.02 Å². The third-order valence-electron chi connectivity index (χ3n) is 4.80. The van der Waals surface area contributed by atoms with Gasteiger partial charge in [0.1, 0.15) is 17.4 Å². The molecule has 0 aliphatic carbocycles. The quantitative estimate of drug-likeness (QED) is 0.596. The van der Waals surface area contributed by atoms with Crippen molar-refractivity contribution in [1.29, 1.82) is 0 Å². The molecule has 1 unspecified atom stereocenters. The summed E-state index contributed by atoms with van der Waals surface area (Å²) in [6.07, 6.45) is 0.508. The van der Waals surface area contributed by atoms with Gasteiger partial charge < -0.3 is 9.15 Å². The molecule has 1 aliphatic heterocycles. The topological polar surface area (TPSA) is 56.5 Å². The van der Waals surface area contributed by atoms with E-state index in [1.165, 1.54) is 6.07 Å². The van der Waals surface area contributed by atoms with Gasteiger partial charge in [-0.3, -0.25) is 4.79 Å². The molecule has 0 saturated carbocycles. The molecule has 0 saturated heterocycles. The Kier molecular flexibility index (Phi) is 4.08. The second kappa shape index (κ2) is 6.29. The summed E-state index contributed by atoms with van der Waals surface area (Å²) < 4.78 is 11.7. The summed E-state index contributed by atoms with van der Waals surface area (Å²) in [7, 11) is 0. The van der Waals surface area contributed by atoms with Crippen LogP contribution < -0.4 is 10.4 Å². The molecule has 1 aliphatic rings. The lowest BCUT2D eigenvalue weighted by Gasteiger charge is -2.28. The van der Waals surface area contributed by atoms with E-state index in [0.717, 1.165) is 16.7 Å². The van der Waals surface area contributed by atoms with E-state index in [4.69, 9.17) is 20.8 Å². The first-order valence-electron chi connectivity index (χ1n) is 8.53. The van der Waals surface area contributed by atoms with E-state index >= 15 is 0 Å². The van der Waals surface area contributed by atoms with Crippen molar-refractivity contribution in [3.63, 3.8) is 0 Å². The minimum atomic E-state index is -0.398. The van der Waals surface area contributed by atoms with E-state index in [1.807, 2.05) is 26.0 Å². The average molecular weight is 369 g/mol. The lowest BCUT2D eigenvalue weighted by Crippen LogP contribution is -2.22. The zero-order chi connectivity index (χ0) is 18.4. The van der Waals surface area contributed by atoms with Crippen molar-refractivity contribution in [3.8, 4) is 5.75 Å². The highest BCUT2D eigenvalue weighted by Gasteiger charge is 2.32. The molecule has 3 aromatic rings. The van der Waals surface area contributed by atoms with E-state index in [9.17, 15) is 9.59 Å². The summed E-state index contributed by atoms with van der Waals surface area (Å²) in [4.78, 5) is 24.7. The fraction of sp³-hybridized carbons (Fsp3) is 0.238. The molecule has 0 fully saturated rings. The second-order valence-corrected chi connectivity index (χ2v) is 6.94. The average Bonchev–Trinajstić information content (AvgIpc) is 2.60. The standard InChI is InChI=1S/C21H17ClO4/c1-3-12-9-18(24)25-17-8-11(2)19-15(23)10-16(26-21(19)20(12)17)13-4-6-14(22)7-5-13/h4-9,16H,3,10H2,1-2H3. The van der Waals surface area contributed by atoms with Crippen LogP contribution in [0.3, 0.4) is 0 Å². The Morgan fingerprint density at radius 1 is 1.15 bits per heavy atom. The lowest BCUT2D eigenvalue weighted by atomic mass is 9.90. The number of aryl methyl sites for hydroxylation is 2. The van der Waals surface area contributed by atoms with Crippen LogP contribution in [0.4, 0.5) is 0 Å². The first kappa shape index (κ1) is 16.9. The molecule has 132 valence electrons. The van der Waals surface area contributed by atoms with E-state index < -0.39 is 11.7 Å². The molecular weight excluding hydrogens is 352 g/mol. The Morgan fingerprint density at radius 3 is 2.58 bits per heavy atom. The highest BCUT2D eigenvalue weighted by molar-refractivity contribution is 6.30. The van der Waals surface area contributed by atoms with Crippen molar-refractivity contribution in [2.75, 3.05) is 0 Å². The molecule has 5 heteroatoms. The van der Waals surface area contributed by atoms with Crippen LogP contribution >= 0.6 is 11.6 Å². The fourth-order valence-corrected chi connectivity index (χ4v) is 3.68. The van der Waals surface area contributed by atoms with Gasteiger partial charge in [-0.25, -0.2) is 4.79 Å². The molecule has 0 spiro atoms. The van der Waals surface area contributed by atoms with Crippen LogP contribution in [-0.2, 0) is 6.42 Å². The van der Waals surface area contributed by atoms with Crippen molar-refractivity contribution in [2.45, 2.75) is 32.8 Å². The van der Waals surface area contributed by atoms with Gasteiger partial charge in [0.2, 0.25) is 0 Å². The first-order valence-corrected chi connectivity index (χ1v) is 8.91. The highest BCUT2D eigenvalue weighted by Crippen LogP contribution is 2.42. The normalized spacial score (nSPS) is 16.4. The molecule has 0 bridgehead atoms. The number of fused-ring (bicyclic) bond motifs is 3. The monoisotopic (exact) mass is 368 g/mol. The van der Waals surface area contributed by atoms with E-state index in [-0.39, 0.29) is 12.2 Å². The Balaban J connectivity index is 1.95. The zero-order valence-corrected chi connectivity index (χ0v) is 15.2. The number of ether oxygens (including phenoxy) is 1. The van der Waals surface area contributed by atoms with Crippen LogP contribution in [0.15, 0.2) is 45.6 Å². The van der Waals surface area contributed by atoms with Gasteiger partial charge in [-0.05, 0) is 48.2 Å². The highest BCUT2D eigenvalue weighted by atomic mass is 35.5. The minimum absolute atomic E-state index is 0.0267. The van der Waals surface area contributed by atoms with E-state index in [2.05, 4.69) is 0 Å². The third kappa shape index (κ3) is 2.71. The molecule has 0 N–H and O–H groups in total. The Hall–Kier alpha value is -2.59. The van der Waals surface area contributed by atoms with Crippen LogP contribution in [0.5, 0.6) is 5.75 Å². The molecule has 2 aromatic carbocycles. The molecular formula is C21H17ClO4. The smallest absolute Gasteiger partial charge is 0.336 e. The van der Waals surface area contributed by atoms with Crippen LogP contribution in [0.25, 0.3) is 11.0 Å². The van der Waals surface area contributed by atoms with Gasteiger partial charge in [0, 0.05) is 11.1 Å². The molecule has 2 heterocycles. The van der Waals surface area contributed by atoms with Gasteiger partial charge in [-0.15, -0.1) is 0 Å². The number of Topliss-reactive ketones (excluding diaryl/α,β-unsaturated/α-hetero) is 1. The minimum Gasteiger partial charge on any atom is -0.484 e. The number of ketones is 1. The SMILES string of the molecule is CCc1cc(=O)oc2cc(C)c3c(c12)OC(c1ccc(Cl)cc1)CC3=O. The van der Waals surface area contributed by atoms with Gasteiger partial charge in [0.05, 0.1) is 17.4 Å². The Bertz CT molecular complexity index is 1080. The number of carbonyl (C=O) groups is 1. The van der Waals surface area contributed by atoms with Crippen molar-refractivity contribution in [2.24, 2.45) is 0 Å². The van der Waals surface area contributed by atoms with Crippen molar-refractivity contribution < 1.29 is 13.9 Å². The van der Waals surface area contributed by atoms with Crippen LogP contribution in [0.1, 0.15) is 46.5 Å². The summed E-state index contributed by atoms with van der Waals surface area (Å²) >= 11 is 5.96. The number of benzene rings is 2. The van der Waals surface area contributed by atoms with Crippen molar-refractivity contribution in [3.05, 3.63) is 74.1 Å². The summed E-state index contributed by atoms with van der Waals surface area (Å²) in [5, 5.41) is 1.34. The lowest BCUT2D eigenvalue weighted by molar-refractivity contribution is 0.0852. The molecule has 4 rings (SSSR count). The van der Waals surface area contributed by atoms with Gasteiger partial charge in [-0.2, -0.15) is 0 Å². The predicted octanol–water partition coefficient (Wildman–Crippen LogP) is 5.02.